The molecule has 0 aliphatic heterocycles. The van der Waals surface area contributed by atoms with Gasteiger partial charge in [-0.1, -0.05) is 11.6 Å². The number of ether oxygens (including phenoxy) is 1. The molecular formula is C15H18ClN5O2S. The lowest BCUT2D eigenvalue weighted by atomic mass is 10.3. The van der Waals surface area contributed by atoms with E-state index in [9.17, 15) is 4.79 Å². The fourth-order valence-corrected chi connectivity index (χ4v) is 2.46. The van der Waals surface area contributed by atoms with E-state index in [1.54, 1.807) is 43.3 Å². The van der Waals surface area contributed by atoms with Crippen molar-refractivity contribution in [2.24, 2.45) is 0 Å². The predicted octanol–water partition coefficient (Wildman–Crippen LogP) is 2.18. The van der Waals surface area contributed by atoms with Crippen LogP contribution in [0.25, 0.3) is 5.69 Å². The Morgan fingerprint density at radius 3 is 2.92 bits per heavy atom. The van der Waals surface area contributed by atoms with Crippen LogP contribution in [0.2, 0.25) is 5.15 Å². The number of carbonyl (C=O) groups excluding carboxylic acids is 1. The van der Waals surface area contributed by atoms with Crippen LogP contribution >= 0.6 is 23.8 Å². The molecule has 2 rings (SSSR count). The van der Waals surface area contributed by atoms with Crippen molar-refractivity contribution in [2.75, 3.05) is 18.5 Å². The summed E-state index contributed by atoms with van der Waals surface area (Å²) in [6, 6.07) is 3.64. The topological polar surface area (TPSA) is 72.3 Å². The van der Waals surface area contributed by atoms with Gasteiger partial charge in [-0.25, -0.2) is 4.68 Å². The third kappa shape index (κ3) is 4.01. The van der Waals surface area contributed by atoms with Crippen LogP contribution < -0.4 is 10.2 Å². The third-order valence-corrected chi connectivity index (χ3v) is 3.84. The Hall–Kier alpha value is -2.19. The Balaban J connectivity index is 2.26. The summed E-state index contributed by atoms with van der Waals surface area (Å²) in [7, 11) is 1.63. The molecule has 128 valence electrons. The number of thiocarbonyl (C=S) groups is 1. The lowest BCUT2D eigenvalue weighted by molar-refractivity contribution is -0.125. The number of aromatic nitrogens is 3. The number of nitrogens with zero attached hydrogens (tertiary/aromatic N) is 4. The molecule has 0 aliphatic rings. The van der Waals surface area contributed by atoms with Gasteiger partial charge in [-0.15, -0.1) is 0 Å². The van der Waals surface area contributed by atoms with Gasteiger partial charge in [0, 0.05) is 19.8 Å². The van der Waals surface area contributed by atoms with E-state index in [1.165, 1.54) is 4.90 Å². The molecular weight excluding hydrogens is 350 g/mol. The monoisotopic (exact) mass is 367 g/mol. The van der Waals surface area contributed by atoms with E-state index >= 15 is 0 Å². The van der Waals surface area contributed by atoms with Gasteiger partial charge >= 0.3 is 0 Å². The van der Waals surface area contributed by atoms with E-state index in [0.29, 0.717) is 12.2 Å². The number of likely N-dealkylation sites (N-methyl/N-ethyl adjacent to an activating group) is 1. The van der Waals surface area contributed by atoms with Crippen LogP contribution in [0.15, 0.2) is 30.7 Å². The van der Waals surface area contributed by atoms with Crippen molar-refractivity contribution >= 4 is 40.6 Å². The average Bonchev–Trinajstić information content (AvgIpc) is 2.97. The van der Waals surface area contributed by atoms with Crippen LogP contribution in [0.1, 0.15) is 13.8 Å². The molecule has 0 saturated carbocycles. The normalized spacial score (nSPS) is 11.7. The molecule has 2 aromatic heterocycles. The Morgan fingerprint density at radius 1 is 1.58 bits per heavy atom. The molecule has 0 spiro atoms. The summed E-state index contributed by atoms with van der Waals surface area (Å²) in [5.74, 6) is -0.261. The number of rotatable bonds is 5. The number of nitrogens with one attached hydrogen (secondary N) is 1. The lowest BCUT2D eigenvalue weighted by Crippen LogP contribution is -2.41. The maximum absolute atomic E-state index is 12.6. The van der Waals surface area contributed by atoms with Crippen LogP contribution in [0, 0.1) is 0 Å². The number of amides is 1. The van der Waals surface area contributed by atoms with E-state index in [4.69, 9.17) is 28.6 Å². The molecule has 24 heavy (non-hydrogen) atoms. The number of halogens is 1. The number of pyridine rings is 1. The predicted molar refractivity (Wildman–Crippen MR) is 96.6 cm³/mol. The molecule has 9 heteroatoms. The maximum Gasteiger partial charge on any atom is 0.267 e. The van der Waals surface area contributed by atoms with Gasteiger partial charge in [-0.2, -0.15) is 5.10 Å². The molecule has 0 radical (unpaired) electrons. The van der Waals surface area contributed by atoms with Gasteiger partial charge in [0.1, 0.15) is 5.69 Å². The van der Waals surface area contributed by atoms with Crippen LogP contribution in [0.4, 0.5) is 5.69 Å². The SMILES string of the molecule is CCN(C(=O)C(C)OC(=S)NC)c1cn(-c2cccnc2)nc1Cl. The summed E-state index contributed by atoms with van der Waals surface area (Å²) in [5, 5.41) is 7.29. The van der Waals surface area contributed by atoms with Crippen LogP contribution in [0.5, 0.6) is 0 Å². The number of hydrogen-bond donors (Lipinski definition) is 1. The van der Waals surface area contributed by atoms with Crippen molar-refractivity contribution in [3.63, 3.8) is 0 Å². The fraction of sp³-hybridized carbons (Fsp3) is 0.333. The molecule has 0 aromatic carbocycles. The number of carbonyl (C=O) groups is 1. The zero-order valence-electron chi connectivity index (χ0n) is 13.6. The maximum atomic E-state index is 12.6. The Kier molecular flexibility index (Phi) is 6.10. The second-order valence-corrected chi connectivity index (χ2v) is 5.57. The van der Waals surface area contributed by atoms with Crippen molar-refractivity contribution < 1.29 is 9.53 Å². The first kappa shape index (κ1) is 18.2. The highest BCUT2D eigenvalue weighted by molar-refractivity contribution is 7.80. The summed E-state index contributed by atoms with van der Waals surface area (Å²) < 4.78 is 6.92. The summed E-state index contributed by atoms with van der Waals surface area (Å²) in [6.07, 6.45) is 4.26. The average molecular weight is 368 g/mol. The van der Waals surface area contributed by atoms with Crippen molar-refractivity contribution in [3.8, 4) is 5.69 Å². The van der Waals surface area contributed by atoms with Crippen LogP contribution in [-0.2, 0) is 9.53 Å². The minimum absolute atomic E-state index is 0.157. The standard InChI is InChI=1S/C15H18ClN5O2S/c1-4-20(14(22)10(2)23-15(24)17-3)12-9-21(19-13(12)16)11-6-5-7-18-8-11/h5-10H,4H2,1-3H3,(H,17,24). The minimum atomic E-state index is -0.747. The Labute approximate surface area is 150 Å². The van der Waals surface area contributed by atoms with E-state index in [1.807, 2.05) is 13.0 Å². The second-order valence-electron chi connectivity index (χ2n) is 4.84. The molecule has 1 amide bonds. The van der Waals surface area contributed by atoms with Crippen molar-refractivity contribution in [1.82, 2.24) is 20.1 Å². The van der Waals surface area contributed by atoms with E-state index in [0.717, 1.165) is 5.69 Å². The van der Waals surface area contributed by atoms with Gasteiger partial charge in [0.15, 0.2) is 11.3 Å². The largest absolute Gasteiger partial charge is 0.458 e. The Morgan fingerprint density at radius 2 is 2.33 bits per heavy atom. The zero-order chi connectivity index (χ0) is 17.7. The van der Waals surface area contributed by atoms with Gasteiger partial charge in [-0.05, 0) is 38.2 Å². The van der Waals surface area contributed by atoms with Gasteiger partial charge in [0.2, 0.25) is 0 Å². The summed E-state index contributed by atoms with van der Waals surface area (Å²) in [6.45, 7) is 3.89. The molecule has 2 aromatic rings. The summed E-state index contributed by atoms with van der Waals surface area (Å²) in [5.41, 5.74) is 1.24. The van der Waals surface area contributed by atoms with E-state index in [-0.39, 0.29) is 16.2 Å². The quantitative estimate of drug-likeness (QED) is 0.817. The van der Waals surface area contributed by atoms with Crippen LogP contribution in [-0.4, -0.2) is 45.5 Å². The van der Waals surface area contributed by atoms with Crippen molar-refractivity contribution in [3.05, 3.63) is 35.9 Å². The highest BCUT2D eigenvalue weighted by atomic mass is 35.5. The van der Waals surface area contributed by atoms with Gasteiger partial charge in [-0.3, -0.25) is 9.78 Å². The second kappa shape index (κ2) is 8.07. The van der Waals surface area contributed by atoms with E-state index in [2.05, 4.69) is 15.4 Å². The molecule has 1 atom stereocenters. The van der Waals surface area contributed by atoms with E-state index < -0.39 is 6.10 Å². The Bertz CT molecular complexity index is 722. The first-order valence-electron chi connectivity index (χ1n) is 7.33. The van der Waals surface area contributed by atoms with Gasteiger partial charge in [0.25, 0.3) is 11.1 Å². The smallest absolute Gasteiger partial charge is 0.267 e. The minimum Gasteiger partial charge on any atom is -0.458 e. The first-order valence-corrected chi connectivity index (χ1v) is 8.11. The van der Waals surface area contributed by atoms with Crippen molar-refractivity contribution in [2.45, 2.75) is 20.0 Å². The number of hydrogen-bond acceptors (Lipinski definition) is 5. The fourth-order valence-electron chi connectivity index (χ4n) is 2.08. The summed E-state index contributed by atoms with van der Waals surface area (Å²) >= 11 is 11.2. The lowest BCUT2D eigenvalue weighted by Gasteiger charge is -2.23. The molecule has 0 aliphatic carbocycles. The molecule has 2 heterocycles. The zero-order valence-corrected chi connectivity index (χ0v) is 15.1. The van der Waals surface area contributed by atoms with Gasteiger partial charge in [0.05, 0.1) is 18.1 Å². The number of anilines is 1. The van der Waals surface area contributed by atoms with Crippen LogP contribution in [0.3, 0.4) is 0 Å². The molecule has 1 unspecified atom stereocenters. The highest BCUT2D eigenvalue weighted by Crippen LogP contribution is 2.26. The first-order chi connectivity index (χ1) is 11.5. The molecule has 0 saturated heterocycles. The molecule has 0 fully saturated rings. The summed E-state index contributed by atoms with van der Waals surface area (Å²) in [4.78, 5) is 18.2. The van der Waals surface area contributed by atoms with Crippen molar-refractivity contribution in [1.29, 1.82) is 0 Å². The molecule has 1 N–H and O–H groups in total. The highest BCUT2D eigenvalue weighted by Gasteiger charge is 2.26. The molecule has 0 bridgehead atoms. The molecule has 7 nitrogen and oxygen atoms in total. The van der Waals surface area contributed by atoms with Gasteiger partial charge < -0.3 is 15.0 Å². The third-order valence-electron chi connectivity index (χ3n) is 3.27.